The van der Waals surface area contributed by atoms with Gasteiger partial charge in [-0.15, -0.1) is 0 Å². The Hall–Kier alpha value is -1.19. The van der Waals surface area contributed by atoms with Crippen LogP contribution in [-0.2, 0) is 6.54 Å². The van der Waals surface area contributed by atoms with Crippen LogP contribution in [0, 0.1) is 12.7 Å². The first kappa shape index (κ1) is 14.2. The Labute approximate surface area is 122 Å². The smallest absolute Gasteiger partial charge is 0.123 e. The van der Waals surface area contributed by atoms with Gasteiger partial charge in [0.05, 0.1) is 0 Å². The molecule has 0 saturated carbocycles. The van der Waals surface area contributed by atoms with Crippen LogP contribution in [-0.4, -0.2) is 0 Å². The number of hydrogen-bond donors (Lipinski definition) is 1. The number of hydrogen-bond acceptors (Lipinski definition) is 1. The second kappa shape index (κ2) is 6.31. The first-order chi connectivity index (χ1) is 9.06. The molecule has 0 aromatic heterocycles. The molecule has 0 aliphatic carbocycles. The van der Waals surface area contributed by atoms with Gasteiger partial charge in [0.1, 0.15) is 5.82 Å². The molecule has 0 heterocycles. The topological polar surface area (TPSA) is 12.0 Å². The summed E-state index contributed by atoms with van der Waals surface area (Å²) in [4.78, 5) is 0. The number of rotatable bonds is 4. The maximum atomic E-state index is 13.0. The molecule has 3 heteroatoms. The standard InChI is InChI=1S/C16H17BrFN/c1-11-9-16(18)8-5-14(11)10-19-12(2)13-3-6-15(17)7-4-13/h3-9,12,19H,10H2,1-2H3. The maximum Gasteiger partial charge on any atom is 0.123 e. The zero-order valence-electron chi connectivity index (χ0n) is 11.1. The minimum Gasteiger partial charge on any atom is -0.306 e. The molecule has 2 aromatic rings. The lowest BCUT2D eigenvalue weighted by Gasteiger charge is -2.15. The normalized spacial score (nSPS) is 12.4. The van der Waals surface area contributed by atoms with Gasteiger partial charge >= 0.3 is 0 Å². The summed E-state index contributed by atoms with van der Waals surface area (Å²) in [6.45, 7) is 4.80. The van der Waals surface area contributed by atoms with E-state index in [0.29, 0.717) is 0 Å². The van der Waals surface area contributed by atoms with E-state index in [-0.39, 0.29) is 11.9 Å². The summed E-state index contributed by atoms with van der Waals surface area (Å²) in [7, 11) is 0. The first-order valence-electron chi connectivity index (χ1n) is 6.30. The van der Waals surface area contributed by atoms with Crippen LogP contribution in [0.2, 0.25) is 0 Å². The average Bonchev–Trinajstić information content (AvgIpc) is 2.38. The maximum absolute atomic E-state index is 13.0. The van der Waals surface area contributed by atoms with E-state index in [4.69, 9.17) is 0 Å². The van der Waals surface area contributed by atoms with Crippen molar-refractivity contribution in [1.29, 1.82) is 0 Å². The molecular weight excluding hydrogens is 305 g/mol. The van der Waals surface area contributed by atoms with Crippen LogP contribution in [0.3, 0.4) is 0 Å². The highest BCUT2D eigenvalue weighted by Gasteiger charge is 2.06. The van der Waals surface area contributed by atoms with Crippen molar-refractivity contribution in [3.05, 3.63) is 69.4 Å². The molecule has 0 spiro atoms. The fourth-order valence-corrected chi connectivity index (χ4v) is 2.25. The summed E-state index contributed by atoms with van der Waals surface area (Å²) < 4.78 is 14.1. The van der Waals surface area contributed by atoms with Crippen molar-refractivity contribution >= 4 is 15.9 Å². The van der Waals surface area contributed by atoms with Gasteiger partial charge in [-0.3, -0.25) is 0 Å². The van der Waals surface area contributed by atoms with Gasteiger partial charge in [-0.1, -0.05) is 34.1 Å². The van der Waals surface area contributed by atoms with Crippen molar-refractivity contribution in [3.8, 4) is 0 Å². The SMILES string of the molecule is Cc1cc(F)ccc1CNC(C)c1ccc(Br)cc1. The van der Waals surface area contributed by atoms with E-state index in [0.717, 1.165) is 22.1 Å². The Balaban J connectivity index is 2.00. The van der Waals surface area contributed by atoms with Crippen molar-refractivity contribution in [3.63, 3.8) is 0 Å². The van der Waals surface area contributed by atoms with Crippen LogP contribution in [0.5, 0.6) is 0 Å². The number of aryl methyl sites for hydroxylation is 1. The van der Waals surface area contributed by atoms with Gasteiger partial charge in [-0.2, -0.15) is 0 Å². The first-order valence-corrected chi connectivity index (χ1v) is 7.09. The molecule has 1 N–H and O–H groups in total. The molecule has 0 bridgehead atoms. The highest BCUT2D eigenvalue weighted by atomic mass is 79.9. The summed E-state index contributed by atoms with van der Waals surface area (Å²) in [6, 6.07) is 13.4. The van der Waals surface area contributed by atoms with Crippen molar-refractivity contribution in [2.24, 2.45) is 0 Å². The molecule has 1 atom stereocenters. The Morgan fingerprint density at radius 2 is 1.84 bits per heavy atom. The van der Waals surface area contributed by atoms with E-state index in [1.54, 1.807) is 6.07 Å². The number of nitrogens with one attached hydrogen (secondary N) is 1. The predicted molar refractivity (Wildman–Crippen MR) is 80.5 cm³/mol. The third-order valence-electron chi connectivity index (χ3n) is 3.27. The molecule has 0 fully saturated rings. The second-order valence-corrected chi connectivity index (χ2v) is 5.64. The van der Waals surface area contributed by atoms with E-state index in [1.807, 2.05) is 25.1 Å². The van der Waals surface area contributed by atoms with E-state index >= 15 is 0 Å². The van der Waals surface area contributed by atoms with Crippen LogP contribution in [0.4, 0.5) is 4.39 Å². The zero-order chi connectivity index (χ0) is 13.8. The highest BCUT2D eigenvalue weighted by molar-refractivity contribution is 9.10. The third-order valence-corrected chi connectivity index (χ3v) is 3.80. The van der Waals surface area contributed by atoms with Crippen LogP contribution in [0.15, 0.2) is 46.9 Å². The van der Waals surface area contributed by atoms with Gasteiger partial charge in [0.25, 0.3) is 0 Å². The van der Waals surface area contributed by atoms with Crippen molar-refractivity contribution < 1.29 is 4.39 Å². The number of benzene rings is 2. The predicted octanol–water partition coefficient (Wildman–Crippen LogP) is 4.75. The van der Waals surface area contributed by atoms with Crippen molar-refractivity contribution in [2.75, 3.05) is 0 Å². The van der Waals surface area contributed by atoms with E-state index in [1.165, 1.54) is 11.6 Å². The molecule has 2 rings (SSSR count). The van der Waals surface area contributed by atoms with Gasteiger partial charge in [0.15, 0.2) is 0 Å². The van der Waals surface area contributed by atoms with E-state index in [9.17, 15) is 4.39 Å². The van der Waals surface area contributed by atoms with Gasteiger partial charge < -0.3 is 5.32 Å². The van der Waals surface area contributed by atoms with Crippen molar-refractivity contribution in [1.82, 2.24) is 5.32 Å². The monoisotopic (exact) mass is 321 g/mol. The fourth-order valence-electron chi connectivity index (χ4n) is 1.99. The molecule has 1 nitrogen and oxygen atoms in total. The lowest BCUT2D eigenvalue weighted by atomic mass is 10.1. The minimum absolute atomic E-state index is 0.179. The van der Waals surface area contributed by atoms with Crippen LogP contribution in [0.25, 0.3) is 0 Å². The Bertz CT molecular complexity index is 551. The second-order valence-electron chi connectivity index (χ2n) is 4.72. The summed E-state index contributed by atoms with van der Waals surface area (Å²) in [6.07, 6.45) is 0. The summed E-state index contributed by atoms with van der Waals surface area (Å²) >= 11 is 3.43. The fraction of sp³-hybridized carbons (Fsp3) is 0.250. The van der Waals surface area contributed by atoms with Gasteiger partial charge in [-0.05, 0) is 54.8 Å². The van der Waals surface area contributed by atoms with E-state index < -0.39 is 0 Å². The average molecular weight is 322 g/mol. The molecular formula is C16H17BrFN. The molecule has 1 unspecified atom stereocenters. The van der Waals surface area contributed by atoms with Gasteiger partial charge in [0, 0.05) is 17.1 Å². The zero-order valence-corrected chi connectivity index (χ0v) is 12.7. The molecule has 0 radical (unpaired) electrons. The van der Waals surface area contributed by atoms with Gasteiger partial charge in [-0.25, -0.2) is 4.39 Å². The Morgan fingerprint density at radius 3 is 2.47 bits per heavy atom. The minimum atomic E-state index is -0.179. The molecule has 0 aliphatic rings. The summed E-state index contributed by atoms with van der Waals surface area (Å²) in [5.41, 5.74) is 3.35. The Morgan fingerprint density at radius 1 is 1.16 bits per heavy atom. The van der Waals surface area contributed by atoms with E-state index in [2.05, 4.69) is 40.3 Å². The number of halogens is 2. The summed E-state index contributed by atoms with van der Waals surface area (Å²) in [5.74, 6) is -0.179. The lowest BCUT2D eigenvalue weighted by molar-refractivity contribution is 0.571. The van der Waals surface area contributed by atoms with Gasteiger partial charge in [0.2, 0.25) is 0 Å². The molecule has 19 heavy (non-hydrogen) atoms. The van der Waals surface area contributed by atoms with Crippen LogP contribution < -0.4 is 5.32 Å². The molecule has 0 aliphatic heterocycles. The van der Waals surface area contributed by atoms with Crippen LogP contribution in [0.1, 0.15) is 29.7 Å². The highest BCUT2D eigenvalue weighted by Crippen LogP contribution is 2.17. The summed E-state index contributed by atoms with van der Waals surface area (Å²) in [5, 5.41) is 3.46. The molecule has 0 saturated heterocycles. The lowest BCUT2D eigenvalue weighted by Crippen LogP contribution is -2.18. The molecule has 100 valence electrons. The third kappa shape index (κ3) is 3.88. The Kier molecular flexibility index (Phi) is 4.72. The van der Waals surface area contributed by atoms with Crippen LogP contribution >= 0.6 is 15.9 Å². The quantitative estimate of drug-likeness (QED) is 0.857. The molecule has 2 aromatic carbocycles. The molecule has 0 amide bonds. The largest absolute Gasteiger partial charge is 0.306 e. The van der Waals surface area contributed by atoms with Crippen molar-refractivity contribution in [2.45, 2.75) is 26.4 Å².